The summed E-state index contributed by atoms with van der Waals surface area (Å²) in [7, 11) is 0. The van der Waals surface area contributed by atoms with Gasteiger partial charge in [0.05, 0.1) is 13.2 Å². The molecule has 1 unspecified atom stereocenters. The Morgan fingerprint density at radius 2 is 1.95 bits per heavy atom. The van der Waals surface area contributed by atoms with Crippen molar-refractivity contribution in [2.45, 2.75) is 11.7 Å². The van der Waals surface area contributed by atoms with Crippen LogP contribution in [0, 0.1) is 12.3 Å². The van der Waals surface area contributed by atoms with E-state index in [-0.39, 0.29) is 0 Å². The van der Waals surface area contributed by atoms with Crippen LogP contribution < -0.4 is 5.32 Å². The Balaban J connectivity index is 0.000000270. The summed E-state index contributed by atoms with van der Waals surface area (Å²) in [6, 6.07) is 10.0. The maximum absolute atomic E-state index is 10.6. The number of benzene rings is 1. The van der Waals surface area contributed by atoms with Gasteiger partial charge in [-0.05, 0) is 5.56 Å². The average Bonchev–Trinajstić information content (AvgIpc) is 2.48. The lowest BCUT2D eigenvalue weighted by Crippen LogP contribution is -2.50. The maximum Gasteiger partial charge on any atom is 0.490 e. The quantitative estimate of drug-likeness (QED) is 0.776. The first-order chi connectivity index (χ1) is 9.82. The summed E-state index contributed by atoms with van der Waals surface area (Å²) in [6.45, 7) is 2.09. The Morgan fingerprint density at radius 1 is 1.38 bits per heavy atom. The Morgan fingerprint density at radius 3 is 2.33 bits per heavy atom. The molecule has 4 nitrogen and oxygen atoms in total. The van der Waals surface area contributed by atoms with E-state index in [4.69, 9.17) is 21.1 Å². The molecule has 2 N–H and O–H groups in total. The summed E-state index contributed by atoms with van der Waals surface area (Å²) in [5, 5.41) is 10.5. The first-order valence-corrected chi connectivity index (χ1v) is 5.98. The molecular formula is C14H14F3NO3. The Labute approximate surface area is 119 Å². The van der Waals surface area contributed by atoms with E-state index in [2.05, 4.69) is 11.2 Å². The lowest BCUT2D eigenvalue weighted by Gasteiger charge is -2.34. The number of alkyl halides is 3. The lowest BCUT2D eigenvalue weighted by atomic mass is 9.91. The number of carboxylic acid groups (broad SMARTS) is 1. The van der Waals surface area contributed by atoms with Crippen molar-refractivity contribution < 1.29 is 27.8 Å². The molecule has 7 heteroatoms. The van der Waals surface area contributed by atoms with Gasteiger partial charge in [0.1, 0.15) is 5.54 Å². The van der Waals surface area contributed by atoms with E-state index in [1.54, 1.807) is 0 Å². The number of ether oxygens (including phenoxy) is 1. The third-order valence-corrected chi connectivity index (χ3v) is 2.75. The molecule has 0 spiro atoms. The molecule has 0 saturated carbocycles. The van der Waals surface area contributed by atoms with Crippen molar-refractivity contribution in [3.63, 3.8) is 0 Å². The summed E-state index contributed by atoms with van der Waals surface area (Å²) in [6.07, 6.45) is 0.494. The number of terminal acetylenes is 1. The molecule has 0 amide bonds. The first kappa shape index (κ1) is 17.0. The molecule has 0 radical (unpaired) electrons. The van der Waals surface area contributed by atoms with Crippen LogP contribution >= 0.6 is 0 Å². The molecule has 2 rings (SSSR count). The number of carboxylic acids is 1. The van der Waals surface area contributed by atoms with Gasteiger partial charge in [-0.1, -0.05) is 36.3 Å². The van der Waals surface area contributed by atoms with E-state index in [1.165, 1.54) is 0 Å². The highest BCUT2D eigenvalue weighted by Gasteiger charge is 2.38. The SMILES string of the molecule is C#CC1(c2ccccc2)COCCN1.O=C(O)C(F)(F)F. The lowest BCUT2D eigenvalue weighted by molar-refractivity contribution is -0.192. The molecular weight excluding hydrogens is 287 g/mol. The fourth-order valence-electron chi connectivity index (χ4n) is 1.70. The van der Waals surface area contributed by atoms with E-state index >= 15 is 0 Å². The molecule has 114 valence electrons. The second-order valence-electron chi connectivity index (χ2n) is 4.20. The zero-order chi connectivity index (χ0) is 15.9. The predicted molar refractivity (Wildman–Crippen MR) is 69.5 cm³/mol. The Hall–Kier alpha value is -2.04. The van der Waals surface area contributed by atoms with Crippen molar-refractivity contribution in [2.75, 3.05) is 19.8 Å². The molecule has 1 saturated heterocycles. The molecule has 1 aliphatic heterocycles. The van der Waals surface area contributed by atoms with Crippen LogP contribution in [0.25, 0.3) is 0 Å². The van der Waals surface area contributed by atoms with E-state index in [0.717, 1.165) is 18.7 Å². The molecule has 1 heterocycles. The summed E-state index contributed by atoms with van der Waals surface area (Å²) in [5.74, 6) is 0.0406. The topological polar surface area (TPSA) is 58.6 Å². The third-order valence-electron chi connectivity index (χ3n) is 2.75. The van der Waals surface area contributed by atoms with Gasteiger partial charge in [0.25, 0.3) is 0 Å². The summed E-state index contributed by atoms with van der Waals surface area (Å²) >= 11 is 0. The number of hydrogen-bond donors (Lipinski definition) is 2. The van der Waals surface area contributed by atoms with Crippen LogP contribution in [0.3, 0.4) is 0 Å². The standard InChI is InChI=1S/C12H13NO.C2HF3O2/c1-2-12(10-14-9-8-13-12)11-6-4-3-5-7-11;3-2(4,5)1(6)7/h1,3-7,13H,8-10H2;(H,6,7). The van der Waals surface area contributed by atoms with Crippen LogP contribution in [0.15, 0.2) is 30.3 Å². The van der Waals surface area contributed by atoms with E-state index < -0.39 is 17.7 Å². The smallest absolute Gasteiger partial charge is 0.475 e. The summed E-state index contributed by atoms with van der Waals surface area (Å²) in [5.41, 5.74) is 0.668. The minimum atomic E-state index is -5.08. The highest BCUT2D eigenvalue weighted by molar-refractivity contribution is 5.73. The van der Waals surface area contributed by atoms with Gasteiger partial charge < -0.3 is 9.84 Å². The Kier molecular flexibility index (Phi) is 5.76. The minimum Gasteiger partial charge on any atom is -0.475 e. The Bertz CT molecular complexity index is 502. The van der Waals surface area contributed by atoms with Gasteiger partial charge in [-0.25, -0.2) is 4.79 Å². The fourth-order valence-corrected chi connectivity index (χ4v) is 1.70. The maximum atomic E-state index is 10.6. The number of carbonyl (C=O) groups is 1. The van der Waals surface area contributed by atoms with E-state index in [1.807, 2.05) is 30.3 Å². The molecule has 1 fully saturated rings. The van der Waals surface area contributed by atoms with Crippen molar-refractivity contribution in [1.29, 1.82) is 0 Å². The van der Waals surface area contributed by atoms with Crippen LogP contribution in [0.4, 0.5) is 13.2 Å². The number of aliphatic carboxylic acids is 1. The predicted octanol–water partition coefficient (Wildman–Crippen LogP) is 1.77. The number of rotatable bonds is 1. The summed E-state index contributed by atoms with van der Waals surface area (Å²) in [4.78, 5) is 8.90. The molecule has 21 heavy (non-hydrogen) atoms. The normalized spacial score (nSPS) is 21.6. The van der Waals surface area contributed by atoms with Crippen molar-refractivity contribution in [2.24, 2.45) is 0 Å². The van der Waals surface area contributed by atoms with Crippen molar-refractivity contribution in [3.05, 3.63) is 35.9 Å². The molecule has 1 aromatic carbocycles. The molecule has 1 aliphatic rings. The zero-order valence-electron chi connectivity index (χ0n) is 11.0. The van der Waals surface area contributed by atoms with Crippen molar-refractivity contribution >= 4 is 5.97 Å². The zero-order valence-corrected chi connectivity index (χ0v) is 11.0. The van der Waals surface area contributed by atoms with Gasteiger partial charge in [0, 0.05) is 6.54 Å². The second kappa shape index (κ2) is 7.11. The van der Waals surface area contributed by atoms with Crippen LogP contribution in [-0.2, 0) is 15.1 Å². The van der Waals surface area contributed by atoms with Gasteiger partial charge in [-0.15, -0.1) is 6.42 Å². The van der Waals surface area contributed by atoms with Crippen molar-refractivity contribution in [1.82, 2.24) is 5.32 Å². The van der Waals surface area contributed by atoms with E-state index in [0.29, 0.717) is 6.61 Å². The number of hydrogen-bond acceptors (Lipinski definition) is 3. The highest BCUT2D eigenvalue weighted by atomic mass is 19.4. The van der Waals surface area contributed by atoms with Gasteiger partial charge in [-0.3, -0.25) is 5.32 Å². The fraction of sp³-hybridized carbons (Fsp3) is 0.357. The van der Waals surface area contributed by atoms with Crippen LogP contribution in [-0.4, -0.2) is 37.0 Å². The monoisotopic (exact) mass is 301 g/mol. The van der Waals surface area contributed by atoms with Crippen molar-refractivity contribution in [3.8, 4) is 12.3 Å². The molecule has 1 aromatic rings. The van der Waals surface area contributed by atoms with Gasteiger partial charge >= 0.3 is 12.1 Å². The number of morpholine rings is 1. The van der Waals surface area contributed by atoms with Crippen LogP contribution in [0.1, 0.15) is 5.56 Å². The largest absolute Gasteiger partial charge is 0.490 e. The molecule has 0 bridgehead atoms. The molecule has 1 atom stereocenters. The summed E-state index contributed by atoms with van der Waals surface area (Å²) < 4.78 is 37.2. The average molecular weight is 301 g/mol. The van der Waals surface area contributed by atoms with Crippen LogP contribution in [0.5, 0.6) is 0 Å². The van der Waals surface area contributed by atoms with Gasteiger partial charge in [0.2, 0.25) is 0 Å². The van der Waals surface area contributed by atoms with Gasteiger partial charge in [-0.2, -0.15) is 13.2 Å². The number of halogens is 3. The van der Waals surface area contributed by atoms with Crippen LogP contribution in [0.2, 0.25) is 0 Å². The van der Waals surface area contributed by atoms with Gasteiger partial charge in [0.15, 0.2) is 0 Å². The minimum absolute atomic E-state index is 0.431. The third kappa shape index (κ3) is 4.77. The molecule has 0 aromatic heterocycles. The first-order valence-electron chi connectivity index (χ1n) is 5.98. The van der Waals surface area contributed by atoms with E-state index in [9.17, 15) is 13.2 Å². The molecule has 0 aliphatic carbocycles. The second-order valence-corrected chi connectivity index (χ2v) is 4.20. The highest BCUT2D eigenvalue weighted by Crippen LogP contribution is 2.22. The number of nitrogens with one attached hydrogen (secondary N) is 1.